The number of nitrogens with zero attached hydrogens (tertiary/aromatic N) is 2. The van der Waals surface area contributed by atoms with Crippen LogP contribution in [0.5, 0.6) is 0 Å². The van der Waals surface area contributed by atoms with Crippen molar-refractivity contribution in [3.8, 4) is 0 Å². The van der Waals surface area contributed by atoms with Gasteiger partial charge in [-0.1, -0.05) is 11.6 Å². The first-order valence-corrected chi connectivity index (χ1v) is 6.30. The maximum Gasteiger partial charge on any atom is 0.224 e. The Hall–Kier alpha value is -1.56. The van der Waals surface area contributed by atoms with Crippen LogP contribution >= 0.6 is 11.6 Å². The van der Waals surface area contributed by atoms with E-state index in [9.17, 15) is 4.79 Å². The summed E-state index contributed by atoms with van der Waals surface area (Å²) in [7, 11) is 1.73. The van der Waals surface area contributed by atoms with E-state index < -0.39 is 0 Å². The van der Waals surface area contributed by atoms with E-state index in [-0.39, 0.29) is 5.91 Å². The Morgan fingerprint density at radius 1 is 1.56 bits per heavy atom. The lowest BCUT2D eigenvalue weighted by Crippen LogP contribution is -2.27. The predicted molar refractivity (Wildman–Crippen MR) is 70.9 cm³/mol. The van der Waals surface area contributed by atoms with Crippen LogP contribution in [-0.2, 0) is 4.79 Å². The molecule has 1 aromatic rings. The van der Waals surface area contributed by atoms with Gasteiger partial charge in [-0.15, -0.1) is 0 Å². The fourth-order valence-corrected chi connectivity index (χ4v) is 1.59. The van der Waals surface area contributed by atoms with Gasteiger partial charge in [-0.3, -0.25) is 4.79 Å². The molecule has 7 heteroatoms. The van der Waals surface area contributed by atoms with Gasteiger partial charge < -0.3 is 16.0 Å². The standard InChI is InChI=1S/C11H16ClN5O/c1-13-11-15-6-8(12)10(17-11)14-5-4-9(18)16-7-2-3-7/h6-7H,2-5H2,1H3,(H,16,18)(H2,13,14,15,17). The summed E-state index contributed by atoms with van der Waals surface area (Å²) in [4.78, 5) is 19.6. The molecule has 1 amide bonds. The molecule has 0 aromatic carbocycles. The highest BCUT2D eigenvalue weighted by molar-refractivity contribution is 6.32. The van der Waals surface area contributed by atoms with E-state index in [1.54, 1.807) is 7.05 Å². The molecule has 1 heterocycles. The smallest absolute Gasteiger partial charge is 0.224 e. The van der Waals surface area contributed by atoms with E-state index in [0.717, 1.165) is 12.8 Å². The van der Waals surface area contributed by atoms with E-state index in [0.29, 0.717) is 35.8 Å². The molecule has 0 aliphatic heterocycles. The minimum atomic E-state index is 0.0593. The first kappa shape index (κ1) is 12.9. The van der Waals surface area contributed by atoms with Crippen molar-refractivity contribution in [2.45, 2.75) is 25.3 Å². The molecule has 3 N–H and O–H groups in total. The Labute approximate surface area is 111 Å². The summed E-state index contributed by atoms with van der Waals surface area (Å²) in [6.07, 6.45) is 4.13. The van der Waals surface area contributed by atoms with Gasteiger partial charge in [-0.2, -0.15) is 4.98 Å². The summed E-state index contributed by atoms with van der Waals surface area (Å²) in [5.41, 5.74) is 0. The largest absolute Gasteiger partial charge is 0.368 e. The Morgan fingerprint density at radius 3 is 3.00 bits per heavy atom. The number of anilines is 2. The molecular formula is C11H16ClN5O. The van der Waals surface area contributed by atoms with E-state index in [1.807, 2.05) is 0 Å². The first-order valence-electron chi connectivity index (χ1n) is 5.92. The lowest BCUT2D eigenvalue weighted by atomic mass is 10.4. The van der Waals surface area contributed by atoms with Gasteiger partial charge in [0.1, 0.15) is 10.8 Å². The number of nitrogens with one attached hydrogen (secondary N) is 3. The molecule has 0 radical (unpaired) electrons. The average molecular weight is 270 g/mol. The molecule has 0 atom stereocenters. The molecule has 6 nitrogen and oxygen atoms in total. The molecule has 1 saturated carbocycles. The fourth-order valence-electron chi connectivity index (χ4n) is 1.43. The number of hydrogen-bond donors (Lipinski definition) is 3. The zero-order valence-electron chi connectivity index (χ0n) is 10.2. The van der Waals surface area contributed by atoms with Crippen LogP contribution in [0, 0.1) is 0 Å². The van der Waals surface area contributed by atoms with Gasteiger partial charge in [0.15, 0.2) is 0 Å². The average Bonchev–Trinajstić information content (AvgIpc) is 3.15. The number of amides is 1. The highest BCUT2D eigenvalue weighted by atomic mass is 35.5. The van der Waals surface area contributed by atoms with E-state index in [4.69, 9.17) is 11.6 Å². The quantitative estimate of drug-likeness (QED) is 0.724. The molecule has 18 heavy (non-hydrogen) atoms. The molecule has 1 fully saturated rings. The number of carbonyl (C=O) groups excluding carboxylic acids is 1. The number of rotatable bonds is 6. The zero-order chi connectivity index (χ0) is 13.0. The van der Waals surface area contributed by atoms with Crippen LogP contribution in [-0.4, -0.2) is 35.5 Å². The highest BCUT2D eigenvalue weighted by Crippen LogP contribution is 2.20. The minimum Gasteiger partial charge on any atom is -0.368 e. The van der Waals surface area contributed by atoms with Crippen molar-refractivity contribution in [3.63, 3.8) is 0 Å². The Kier molecular flexibility index (Phi) is 4.19. The maximum absolute atomic E-state index is 11.5. The molecule has 0 bridgehead atoms. The van der Waals surface area contributed by atoms with Crippen LogP contribution in [0.15, 0.2) is 6.20 Å². The van der Waals surface area contributed by atoms with Crippen LogP contribution in [0.1, 0.15) is 19.3 Å². The third-order valence-electron chi connectivity index (χ3n) is 2.55. The molecule has 1 aromatic heterocycles. The molecule has 0 spiro atoms. The van der Waals surface area contributed by atoms with Gasteiger partial charge in [0, 0.05) is 26.1 Å². The van der Waals surface area contributed by atoms with Crippen LogP contribution in [0.4, 0.5) is 11.8 Å². The summed E-state index contributed by atoms with van der Waals surface area (Å²) < 4.78 is 0. The van der Waals surface area contributed by atoms with Crippen molar-refractivity contribution < 1.29 is 4.79 Å². The van der Waals surface area contributed by atoms with Crippen molar-refractivity contribution in [2.75, 3.05) is 24.2 Å². The lowest BCUT2D eigenvalue weighted by molar-refractivity contribution is -0.120. The lowest BCUT2D eigenvalue weighted by Gasteiger charge is -2.08. The summed E-state index contributed by atoms with van der Waals surface area (Å²) >= 11 is 5.95. The fraction of sp³-hybridized carbons (Fsp3) is 0.545. The van der Waals surface area contributed by atoms with Gasteiger partial charge in [0.25, 0.3) is 0 Å². The topological polar surface area (TPSA) is 78.9 Å². The number of halogens is 1. The van der Waals surface area contributed by atoms with E-state index >= 15 is 0 Å². The van der Waals surface area contributed by atoms with Crippen molar-refractivity contribution >= 4 is 29.3 Å². The van der Waals surface area contributed by atoms with Crippen molar-refractivity contribution in [1.29, 1.82) is 0 Å². The van der Waals surface area contributed by atoms with Gasteiger partial charge >= 0.3 is 0 Å². The minimum absolute atomic E-state index is 0.0593. The van der Waals surface area contributed by atoms with Crippen LogP contribution in [0.25, 0.3) is 0 Å². The molecule has 2 rings (SSSR count). The second kappa shape index (κ2) is 5.86. The van der Waals surface area contributed by atoms with E-state index in [1.165, 1.54) is 6.20 Å². The summed E-state index contributed by atoms with van der Waals surface area (Å²) in [5, 5.41) is 9.22. The number of carbonyl (C=O) groups is 1. The zero-order valence-corrected chi connectivity index (χ0v) is 10.9. The first-order chi connectivity index (χ1) is 8.69. The van der Waals surface area contributed by atoms with Crippen LogP contribution < -0.4 is 16.0 Å². The Bertz CT molecular complexity index is 435. The maximum atomic E-state index is 11.5. The van der Waals surface area contributed by atoms with Gasteiger partial charge in [-0.25, -0.2) is 4.98 Å². The summed E-state index contributed by atoms with van der Waals surface area (Å²) in [6.45, 7) is 0.498. The summed E-state index contributed by atoms with van der Waals surface area (Å²) in [5.74, 6) is 1.09. The number of aromatic nitrogens is 2. The third kappa shape index (κ3) is 3.73. The second-order valence-electron chi connectivity index (χ2n) is 4.16. The van der Waals surface area contributed by atoms with Gasteiger partial charge in [-0.05, 0) is 12.8 Å². The molecule has 98 valence electrons. The molecular weight excluding hydrogens is 254 g/mol. The molecule has 1 aliphatic carbocycles. The van der Waals surface area contributed by atoms with E-state index in [2.05, 4.69) is 25.9 Å². The van der Waals surface area contributed by atoms with Crippen molar-refractivity contribution in [1.82, 2.24) is 15.3 Å². The Morgan fingerprint density at radius 2 is 2.33 bits per heavy atom. The molecule has 0 unspecified atom stereocenters. The van der Waals surface area contributed by atoms with Crippen molar-refractivity contribution in [3.05, 3.63) is 11.2 Å². The monoisotopic (exact) mass is 269 g/mol. The molecule has 0 saturated heterocycles. The van der Waals surface area contributed by atoms with Gasteiger partial charge in [0.05, 0.1) is 6.20 Å². The van der Waals surface area contributed by atoms with Crippen molar-refractivity contribution in [2.24, 2.45) is 0 Å². The summed E-state index contributed by atoms with van der Waals surface area (Å²) in [6, 6.07) is 0.399. The predicted octanol–water partition coefficient (Wildman–Crippen LogP) is 1.25. The Balaban J connectivity index is 1.79. The van der Waals surface area contributed by atoms with Crippen LogP contribution in [0.3, 0.4) is 0 Å². The van der Waals surface area contributed by atoms with Gasteiger partial charge in [0.2, 0.25) is 11.9 Å². The SMILES string of the molecule is CNc1ncc(Cl)c(NCCC(=O)NC2CC2)n1. The normalized spacial score (nSPS) is 14.1. The third-order valence-corrected chi connectivity index (χ3v) is 2.83. The highest BCUT2D eigenvalue weighted by Gasteiger charge is 2.22. The second-order valence-corrected chi connectivity index (χ2v) is 4.57. The molecule has 1 aliphatic rings. The number of hydrogen-bond acceptors (Lipinski definition) is 5. The van der Waals surface area contributed by atoms with Crippen LogP contribution in [0.2, 0.25) is 5.02 Å².